The molecule has 6 nitrogen and oxygen atoms in total. The second kappa shape index (κ2) is 12.8. The summed E-state index contributed by atoms with van der Waals surface area (Å²) in [6.07, 6.45) is 0. The lowest BCUT2D eigenvalue weighted by molar-refractivity contribution is -0.0504. The summed E-state index contributed by atoms with van der Waals surface area (Å²) in [4.78, 5) is 4.47. The zero-order valence-electron chi connectivity index (χ0n) is 16.1. The van der Waals surface area contributed by atoms with Crippen molar-refractivity contribution in [2.24, 2.45) is 4.99 Å². The van der Waals surface area contributed by atoms with Crippen LogP contribution in [0, 0.1) is 11.3 Å². The predicted molar refractivity (Wildman–Crippen MR) is 118 cm³/mol. The van der Waals surface area contributed by atoms with E-state index in [1.54, 1.807) is 30.3 Å². The number of aliphatic imine (C=N–C) groups is 1. The molecule has 0 aromatic heterocycles. The van der Waals surface area contributed by atoms with Crippen molar-refractivity contribution < 1.29 is 18.3 Å². The third-order valence-electron chi connectivity index (χ3n) is 3.75. The number of methoxy groups -OCH3 is 1. The Labute approximate surface area is 185 Å². The number of hydrogen-bond donors (Lipinski definition) is 2. The van der Waals surface area contributed by atoms with Crippen molar-refractivity contribution in [3.8, 4) is 17.6 Å². The molecule has 0 aliphatic carbocycles. The SMILES string of the molecule is CCNC(=NCc1cccc(C#N)c1)NCc1cc(OC)ccc1OC(F)F.I. The van der Waals surface area contributed by atoms with Crippen LogP contribution in [0.5, 0.6) is 11.5 Å². The van der Waals surface area contributed by atoms with Crippen LogP contribution in [0.3, 0.4) is 0 Å². The molecule has 0 saturated heterocycles. The minimum Gasteiger partial charge on any atom is -0.497 e. The molecule has 29 heavy (non-hydrogen) atoms. The van der Waals surface area contributed by atoms with Gasteiger partial charge >= 0.3 is 6.61 Å². The summed E-state index contributed by atoms with van der Waals surface area (Å²) in [5.74, 6) is 1.12. The van der Waals surface area contributed by atoms with Gasteiger partial charge in [-0.05, 0) is 42.8 Å². The summed E-state index contributed by atoms with van der Waals surface area (Å²) in [5, 5.41) is 15.2. The number of nitriles is 1. The molecule has 2 N–H and O–H groups in total. The molecule has 0 radical (unpaired) electrons. The van der Waals surface area contributed by atoms with E-state index < -0.39 is 6.61 Å². The van der Waals surface area contributed by atoms with Crippen LogP contribution in [-0.2, 0) is 13.1 Å². The van der Waals surface area contributed by atoms with Gasteiger partial charge in [-0.2, -0.15) is 14.0 Å². The largest absolute Gasteiger partial charge is 0.497 e. The van der Waals surface area contributed by atoms with Gasteiger partial charge in [0.1, 0.15) is 11.5 Å². The molecule has 0 spiro atoms. The third-order valence-corrected chi connectivity index (χ3v) is 3.75. The van der Waals surface area contributed by atoms with Crippen LogP contribution in [0.2, 0.25) is 0 Å². The molecule has 0 aliphatic rings. The second-order valence-electron chi connectivity index (χ2n) is 5.71. The van der Waals surface area contributed by atoms with Gasteiger partial charge in [0.25, 0.3) is 0 Å². The Hall–Kier alpha value is -2.61. The van der Waals surface area contributed by atoms with Gasteiger partial charge in [-0.3, -0.25) is 0 Å². The summed E-state index contributed by atoms with van der Waals surface area (Å²) in [7, 11) is 1.50. The Morgan fingerprint density at radius 1 is 1.21 bits per heavy atom. The molecule has 0 bridgehead atoms. The molecule has 9 heteroatoms. The van der Waals surface area contributed by atoms with E-state index in [1.807, 2.05) is 13.0 Å². The van der Waals surface area contributed by atoms with Crippen LogP contribution >= 0.6 is 24.0 Å². The van der Waals surface area contributed by atoms with E-state index in [1.165, 1.54) is 13.2 Å². The molecule has 0 aliphatic heterocycles. The quantitative estimate of drug-likeness (QED) is 0.315. The first kappa shape index (κ1) is 24.4. The molecule has 0 unspecified atom stereocenters. The zero-order chi connectivity index (χ0) is 20.4. The van der Waals surface area contributed by atoms with Crippen molar-refractivity contribution in [2.45, 2.75) is 26.6 Å². The summed E-state index contributed by atoms with van der Waals surface area (Å²) < 4.78 is 35.0. The average molecular weight is 516 g/mol. The van der Waals surface area contributed by atoms with Gasteiger partial charge in [0, 0.05) is 18.7 Å². The van der Waals surface area contributed by atoms with Crippen LogP contribution in [0.25, 0.3) is 0 Å². The van der Waals surface area contributed by atoms with E-state index in [4.69, 9.17) is 10.00 Å². The third kappa shape index (κ3) is 8.11. The fraction of sp³-hybridized carbons (Fsp3) is 0.300. The summed E-state index contributed by atoms with van der Waals surface area (Å²) in [6.45, 7) is 0.209. The maximum atomic E-state index is 12.6. The maximum Gasteiger partial charge on any atom is 0.387 e. The highest BCUT2D eigenvalue weighted by Crippen LogP contribution is 2.25. The lowest BCUT2D eigenvalue weighted by atomic mass is 10.1. The number of halogens is 3. The van der Waals surface area contributed by atoms with Gasteiger partial charge in [0.2, 0.25) is 0 Å². The Kier molecular flexibility index (Phi) is 10.8. The second-order valence-corrected chi connectivity index (χ2v) is 5.71. The minimum absolute atomic E-state index is 0. The Bertz CT molecular complexity index is 857. The number of rotatable bonds is 8. The number of nitrogens with one attached hydrogen (secondary N) is 2. The fourth-order valence-corrected chi connectivity index (χ4v) is 2.46. The van der Waals surface area contributed by atoms with Crippen LogP contribution in [0.4, 0.5) is 8.78 Å². The van der Waals surface area contributed by atoms with Gasteiger partial charge < -0.3 is 20.1 Å². The van der Waals surface area contributed by atoms with Gasteiger partial charge in [-0.25, -0.2) is 4.99 Å². The van der Waals surface area contributed by atoms with Crippen molar-refractivity contribution in [1.82, 2.24) is 10.6 Å². The lowest BCUT2D eigenvalue weighted by Gasteiger charge is -2.15. The van der Waals surface area contributed by atoms with Gasteiger partial charge in [0.15, 0.2) is 5.96 Å². The van der Waals surface area contributed by atoms with Crippen LogP contribution in [0.15, 0.2) is 47.5 Å². The predicted octanol–water partition coefficient (Wildman–Crippen LogP) is 4.04. The Morgan fingerprint density at radius 3 is 2.66 bits per heavy atom. The standard InChI is InChI=1S/C20H22F2N4O2.HI/c1-3-24-20(25-12-15-6-4-5-14(9-15)11-23)26-13-16-10-17(27-2)7-8-18(16)28-19(21)22;/h4-10,19H,3,12-13H2,1-2H3,(H2,24,25,26);1H. The number of benzene rings is 2. The molecule has 0 atom stereocenters. The molecule has 0 saturated carbocycles. The number of alkyl halides is 2. The van der Waals surface area contributed by atoms with Crippen LogP contribution in [-0.4, -0.2) is 26.2 Å². The highest BCUT2D eigenvalue weighted by atomic mass is 127. The topological polar surface area (TPSA) is 78.7 Å². The van der Waals surface area contributed by atoms with E-state index >= 15 is 0 Å². The summed E-state index contributed by atoms with van der Waals surface area (Å²) in [5.41, 5.74) is 1.96. The van der Waals surface area contributed by atoms with Crippen LogP contribution < -0.4 is 20.1 Å². The molecule has 2 aromatic carbocycles. The number of hydrogen-bond acceptors (Lipinski definition) is 4. The summed E-state index contributed by atoms with van der Waals surface area (Å²) in [6, 6.07) is 13.9. The highest BCUT2D eigenvalue weighted by Gasteiger charge is 2.11. The van der Waals surface area contributed by atoms with Crippen molar-refractivity contribution in [3.05, 3.63) is 59.2 Å². The van der Waals surface area contributed by atoms with Gasteiger partial charge in [-0.15, -0.1) is 24.0 Å². The molecule has 0 fully saturated rings. The van der Waals surface area contributed by atoms with Crippen molar-refractivity contribution in [3.63, 3.8) is 0 Å². The van der Waals surface area contributed by atoms with Crippen molar-refractivity contribution >= 4 is 29.9 Å². The molecule has 156 valence electrons. The Balaban J connectivity index is 0.00000420. The minimum atomic E-state index is -2.92. The fourth-order valence-electron chi connectivity index (χ4n) is 2.46. The zero-order valence-corrected chi connectivity index (χ0v) is 18.4. The number of nitrogens with zero attached hydrogens (tertiary/aromatic N) is 2. The van der Waals surface area contributed by atoms with E-state index in [-0.39, 0.29) is 36.3 Å². The number of guanidine groups is 1. The first-order chi connectivity index (χ1) is 13.5. The number of ether oxygens (including phenoxy) is 2. The smallest absolute Gasteiger partial charge is 0.387 e. The van der Waals surface area contributed by atoms with E-state index in [0.29, 0.717) is 35.9 Å². The van der Waals surface area contributed by atoms with Gasteiger partial charge in [0.05, 0.1) is 25.3 Å². The normalized spacial score (nSPS) is 10.7. The van der Waals surface area contributed by atoms with Crippen molar-refractivity contribution in [2.75, 3.05) is 13.7 Å². The highest BCUT2D eigenvalue weighted by molar-refractivity contribution is 14.0. The molecule has 2 aromatic rings. The molecular formula is C20H23F2IN4O2. The molecule has 0 amide bonds. The first-order valence-electron chi connectivity index (χ1n) is 8.68. The van der Waals surface area contributed by atoms with E-state index in [0.717, 1.165) is 5.56 Å². The molecular weight excluding hydrogens is 493 g/mol. The average Bonchev–Trinajstić information content (AvgIpc) is 2.70. The first-order valence-corrected chi connectivity index (χ1v) is 8.68. The Morgan fingerprint density at radius 2 is 2.00 bits per heavy atom. The monoisotopic (exact) mass is 516 g/mol. The van der Waals surface area contributed by atoms with Gasteiger partial charge in [-0.1, -0.05) is 12.1 Å². The molecule has 0 heterocycles. The van der Waals surface area contributed by atoms with E-state index in [2.05, 4.69) is 26.4 Å². The van der Waals surface area contributed by atoms with E-state index in [9.17, 15) is 8.78 Å². The van der Waals surface area contributed by atoms with Crippen LogP contribution in [0.1, 0.15) is 23.6 Å². The van der Waals surface area contributed by atoms with Crippen molar-refractivity contribution in [1.29, 1.82) is 5.26 Å². The lowest BCUT2D eigenvalue weighted by Crippen LogP contribution is -2.36. The molecule has 2 rings (SSSR count). The summed E-state index contributed by atoms with van der Waals surface area (Å²) >= 11 is 0. The maximum absolute atomic E-state index is 12.6.